The molecule has 3 N–H and O–H groups in total. The first-order valence-corrected chi connectivity index (χ1v) is 13.2. The molecule has 1 aromatic heterocycles. The highest BCUT2D eigenvalue weighted by Crippen LogP contribution is 2.32. The second-order valence-corrected chi connectivity index (χ2v) is 10.8. The number of fused-ring (bicyclic) bond motifs is 1. The quantitative estimate of drug-likeness (QED) is 0.265. The summed E-state index contributed by atoms with van der Waals surface area (Å²) in [7, 11) is 0. The number of carboxylic acid groups (broad SMARTS) is 1. The van der Waals surface area contributed by atoms with Gasteiger partial charge < -0.3 is 15.7 Å². The first-order valence-electron chi connectivity index (χ1n) is 11.5. The molecule has 0 fully saturated rings. The van der Waals surface area contributed by atoms with Crippen molar-refractivity contribution in [1.29, 1.82) is 0 Å². The number of thiazole rings is 1. The number of aryl methyl sites for hydroxylation is 1. The maximum Gasteiger partial charge on any atom is 0.307 e. The van der Waals surface area contributed by atoms with E-state index in [1.807, 2.05) is 56.3 Å². The number of hydrogen-bond acceptors (Lipinski definition) is 6. The summed E-state index contributed by atoms with van der Waals surface area (Å²) in [4.78, 5) is 42.6. The molecule has 3 aromatic rings. The molecule has 2 amide bonds. The fourth-order valence-electron chi connectivity index (χ4n) is 4.02. The predicted octanol–water partition coefficient (Wildman–Crippen LogP) is 5.72. The number of hydrogen-bond donors (Lipinski definition) is 3. The molecule has 1 heterocycles. The lowest BCUT2D eigenvalue weighted by Gasteiger charge is -2.24. The van der Waals surface area contributed by atoms with Gasteiger partial charge in [-0.05, 0) is 62.1 Å². The zero-order chi connectivity index (χ0) is 24.9. The number of allylic oxidation sites excluding steroid dienone is 2. The van der Waals surface area contributed by atoms with E-state index in [0.29, 0.717) is 30.1 Å². The average molecular weight is 510 g/mol. The average Bonchev–Trinajstić information content (AvgIpc) is 3.23. The van der Waals surface area contributed by atoms with Crippen molar-refractivity contribution < 1.29 is 19.5 Å². The van der Waals surface area contributed by atoms with Crippen molar-refractivity contribution in [2.45, 2.75) is 43.3 Å². The Morgan fingerprint density at radius 3 is 2.63 bits per heavy atom. The number of carboxylic acids is 1. The van der Waals surface area contributed by atoms with E-state index >= 15 is 0 Å². The van der Waals surface area contributed by atoms with E-state index in [-0.39, 0.29) is 17.1 Å². The molecular formula is C26H27N3O4S2. The number of carbonyl (C=O) groups is 3. The van der Waals surface area contributed by atoms with Crippen molar-refractivity contribution in [2.75, 3.05) is 10.6 Å². The minimum absolute atomic E-state index is 0.124. The molecular weight excluding hydrogens is 482 g/mol. The van der Waals surface area contributed by atoms with E-state index < -0.39 is 17.8 Å². The third-order valence-corrected chi connectivity index (χ3v) is 8.20. The monoisotopic (exact) mass is 509 g/mol. The van der Waals surface area contributed by atoms with Crippen molar-refractivity contribution in [1.82, 2.24) is 4.98 Å². The third kappa shape index (κ3) is 6.10. The molecule has 0 aliphatic heterocycles. The molecule has 35 heavy (non-hydrogen) atoms. The Labute approximate surface area is 212 Å². The smallest absolute Gasteiger partial charge is 0.307 e. The standard InChI is InChI=1S/C26H27N3O4S2/c1-3-21(24(31)29-26-28-20-12-11-15(2)13-22(20)35-26)34-17-8-6-7-16(14-17)27-23(30)18-9-4-5-10-19(18)25(32)33/h4-8,11-14,18-19,21H,3,9-10H2,1-2H3,(H,27,30)(H,32,33)(H,28,29,31). The summed E-state index contributed by atoms with van der Waals surface area (Å²) >= 11 is 2.87. The van der Waals surface area contributed by atoms with Crippen LogP contribution < -0.4 is 10.6 Å². The van der Waals surface area contributed by atoms with Crippen molar-refractivity contribution in [3.05, 3.63) is 60.2 Å². The van der Waals surface area contributed by atoms with Gasteiger partial charge in [-0.25, -0.2) is 4.98 Å². The van der Waals surface area contributed by atoms with Gasteiger partial charge in [0.25, 0.3) is 0 Å². The van der Waals surface area contributed by atoms with E-state index in [9.17, 15) is 19.5 Å². The van der Waals surface area contributed by atoms with E-state index in [1.165, 1.54) is 23.1 Å². The maximum atomic E-state index is 13.0. The van der Waals surface area contributed by atoms with E-state index in [1.54, 1.807) is 6.07 Å². The summed E-state index contributed by atoms with van der Waals surface area (Å²) < 4.78 is 1.03. The number of aromatic nitrogens is 1. The van der Waals surface area contributed by atoms with E-state index in [2.05, 4.69) is 21.7 Å². The first kappa shape index (κ1) is 24.9. The lowest BCUT2D eigenvalue weighted by atomic mass is 9.82. The minimum Gasteiger partial charge on any atom is -0.481 e. The number of thioether (sulfide) groups is 1. The second kappa shape index (κ2) is 11.0. The van der Waals surface area contributed by atoms with Crippen LogP contribution in [-0.4, -0.2) is 33.1 Å². The maximum absolute atomic E-state index is 13.0. The highest BCUT2D eigenvalue weighted by molar-refractivity contribution is 8.00. The Bertz CT molecular complexity index is 1290. The third-order valence-electron chi connectivity index (χ3n) is 5.90. The van der Waals surface area contributed by atoms with Gasteiger partial charge in [0, 0.05) is 10.6 Å². The number of nitrogens with one attached hydrogen (secondary N) is 2. The largest absolute Gasteiger partial charge is 0.481 e. The Hall–Kier alpha value is -3.17. The van der Waals surface area contributed by atoms with Crippen LogP contribution in [-0.2, 0) is 14.4 Å². The highest BCUT2D eigenvalue weighted by Gasteiger charge is 2.34. The molecule has 3 unspecified atom stereocenters. The summed E-state index contributed by atoms with van der Waals surface area (Å²) in [5.74, 6) is -2.72. The van der Waals surface area contributed by atoms with Gasteiger partial charge >= 0.3 is 5.97 Å². The topological polar surface area (TPSA) is 108 Å². The van der Waals surface area contributed by atoms with Crippen LogP contribution in [0, 0.1) is 18.8 Å². The Morgan fingerprint density at radius 2 is 1.89 bits per heavy atom. The summed E-state index contributed by atoms with van der Waals surface area (Å²) in [6, 6.07) is 13.3. The zero-order valence-electron chi connectivity index (χ0n) is 19.5. The van der Waals surface area contributed by atoms with Gasteiger partial charge in [0.15, 0.2) is 5.13 Å². The van der Waals surface area contributed by atoms with Crippen LogP contribution in [0.1, 0.15) is 31.7 Å². The summed E-state index contributed by atoms with van der Waals surface area (Å²) in [5.41, 5.74) is 2.58. The van der Waals surface area contributed by atoms with Gasteiger partial charge in [-0.3, -0.25) is 14.4 Å². The number of benzene rings is 2. The van der Waals surface area contributed by atoms with Gasteiger partial charge in [0.2, 0.25) is 11.8 Å². The van der Waals surface area contributed by atoms with Gasteiger partial charge in [-0.2, -0.15) is 0 Å². The van der Waals surface area contributed by atoms with Crippen LogP contribution in [0.4, 0.5) is 10.8 Å². The lowest BCUT2D eigenvalue weighted by Crippen LogP contribution is -2.34. The highest BCUT2D eigenvalue weighted by atomic mass is 32.2. The molecule has 0 saturated heterocycles. The SMILES string of the molecule is CCC(Sc1cccc(NC(=O)C2CC=CCC2C(=O)O)c1)C(=O)Nc1nc2ccc(C)cc2s1. The first-order chi connectivity index (χ1) is 16.8. The molecule has 4 rings (SSSR count). The van der Waals surface area contributed by atoms with E-state index in [0.717, 1.165) is 20.7 Å². The van der Waals surface area contributed by atoms with Crippen molar-refractivity contribution in [2.24, 2.45) is 11.8 Å². The number of aliphatic carboxylic acids is 1. The molecule has 7 nitrogen and oxygen atoms in total. The summed E-state index contributed by atoms with van der Waals surface area (Å²) in [6.07, 6.45) is 5.04. The van der Waals surface area contributed by atoms with E-state index in [4.69, 9.17) is 0 Å². The predicted molar refractivity (Wildman–Crippen MR) is 141 cm³/mol. The summed E-state index contributed by atoms with van der Waals surface area (Å²) in [5, 5.41) is 15.5. The van der Waals surface area contributed by atoms with Crippen molar-refractivity contribution in [3.8, 4) is 0 Å². The summed E-state index contributed by atoms with van der Waals surface area (Å²) in [6.45, 7) is 3.97. The molecule has 2 aromatic carbocycles. The number of rotatable bonds is 8. The Kier molecular flexibility index (Phi) is 7.87. The molecule has 0 bridgehead atoms. The van der Waals surface area contributed by atoms with Gasteiger partial charge in [-0.1, -0.05) is 42.5 Å². The number of amides is 2. The molecule has 3 atom stereocenters. The van der Waals surface area contributed by atoms with Gasteiger partial charge in [0.05, 0.1) is 27.3 Å². The number of nitrogens with zero attached hydrogens (tertiary/aromatic N) is 1. The molecule has 1 aliphatic carbocycles. The Morgan fingerprint density at radius 1 is 1.11 bits per heavy atom. The fraction of sp³-hybridized carbons (Fsp3) is 0.308. The van der Waals surface area contributed by atoms with Crippen molar-refractivity contribution in [3.63, 3.8) is 0 Å². The van der Waals surface area contributed by atoms with Gasteiger partial charge in [-0.15, -0.1) is 11.8 Å². The molecule has 9 heteroatoms. The van der Waals surface area contributed by atoms with Crippen LogP contribution in [0.2, 0.25) is 0 Å². The number of anilines is 2. The van der Waals surface area contributed by atoms with Crippen LogP contribution in [0.15, 0.2) is 59.5 Å². The molecule has 182 valence electrons. The molecule has 0 radical (unpaired) electrons. The fourth-order valence-corrected chi connectivity index (χ4v) is 6.00. The minimum atomic E-state index is -0.959. The van der Waals surface area contributed by atoms with Crippen LogP contribution in [0.3, 0.4) is 0 Å². The Balaban J connectivity index is 1.41. The molecule has 1 aliphatic rings. The zero-order valence-corrected chi connectivity index (χ0v) is 21.1. The second-order valence-electron chi connectivity index (χ2n) is 8.51. The van der Waals surface area contributed by atoms with Crippen LogP contribution in [0.25, 0.3) is 10.2 Å². The molecule has 0 spiro atoms. The number of carbonyl (C=O) groups excluding carboxylic acids is 2. The van der Waals surface area contributed by atoms with Crippen molar-refractivity contribution >= 4 is 61.9 Å². The van der Waals surface area contributed by atoms with Crippen LogP contribution in [0.5, 0.6) is 0 Å². The molecule has 0 saturated carbocycles. The van der Waals surface area contributed by atoms with Crippen LogP contribution >= 0.6 is 23.1 Å². The lowest BCUT2D eigenvalue weighted by molar-refractivity contribution is -0.146. The van der Waals surface area contributed by atoms with Gasteiger partial charge in [0.1, 0.15) is 0 Å². The normalized spacial score (nSPS) is 18.2.